The van der Waals surface area contributed by atoms with Crippen LogP contribution < -0.4 is 5.73 Å². The van der Waals surface area contributed by atoms with E-state index in [2.05, 4.69) is 19.1 Å². The smallest absolute Gasteiger partial charge is 0.0577 e. The van der Waals surface area contributed by atoms with Crippen LogP contribution in [0.15, 0.2) is 12.2 Å². The summed E-state index contributed by atoms with van der Waals surface area (Å²) in [6, 6.07) is 0. The SMILES string of the molecule is CO[C@@H](C)C/C=C/CCCN. The maximum absolute atomic E-state index is 5.34. The highest BCUT2D eigenvalue weighted by molar-refractivity contribution is 4.83. The predicted octanol–water partition coefficient (Wildman–Crippen LogP) is 1.71. The van der Waals surface area contributed by atoms with Crippen molar-refractivity contribution in [1.29, 1.82) is 0 Å². The fourth-order valence-corrected chi connectivity index (χ4v) is 0.738. The van der Waals surface area contributed by atoms with Crippen LogP contribution in [0.5, 0.6) is 0 Å². The van der Waals surface area contributed by atoms with Gasteiger partial charge in [-0.05, 0) is 32.7 Å². The van der Waals surface area contributed by atoms with E-state index in [-0.39, 0.29) is 0 Å². The predicted molar refractivity (Wildman–Crippen MR) is 48.5 cm³/mol. The van der Waals surface area contributed by atoms with E-state index in [1.165, 1.54) is 0 Å². The maximum atomic E-state index is 5.34. The molecule has 0 saturated heterocycles. The Kier molecular flexibility index (Phi) is 7.52. The summed E-state index contributed by atoms with van der Waals surface area (Å²) in [5.41, 5.74) is 5.34. The number of hydrogen-bond acceptors (Lipinski definition) is 2. The van der Waals surface area contributed by atoms with E-state index in [0.29, 0.717) is 6.10 Å². The molecule has 66 valence electrons. The monoisotopic (exact) mass is 157 g/mol. The van der Waals surface area contributed by atoms with Gasteiger partial charge in [-0.3, -0.25) is 0 Å². The van der Waals surface area contributed by atoms with Gasteiger partial charge >= 0.3 is 0 Å². The van der Waals surface area contributed by atoms with Crippen molar-refractivity contribution >= 4 is 0 Å². The van der Waals surface area contributed by atoms with Gasteiger partial charge < -0.3 is 10.5 Å². The summed E-state index contributed by atoms with van der Waals surface area (Å²) < 4.78 is 5.08. The Hall–Kier alpha value is -0.340. The van der Waals surface area contributed by atoms with Crippen LogP contribution in [0.3, 0.4) is 0 Å². The van der Waals surface area contributed by atoms with Crippen molar-refractivity contribution in [3.8, 4) is 0 Å². The third-order valence-electron chi connectivity index (χ3n) is 1.61. The van der Waals surface area contributed by atoms with Crippen molar-refractivity contribution in [3.05, 3.63) is 12.2 Å². The molecule has 0 aromatic heterocycles. The summed E-state index contributed by atoms with van der Waals surface area (Å²) in [6.07, 6.45) is 7.84. The van der Waals surface area contributed by atoms with Gasteiger partial charge in [0.1, 0.15) is 0 Å². The van der Waals surface area contributed by atoms with Gasteiger partial charge in [0.15, 0.2) is 0 Å². The van der Waals surface area contributed by atoms with Gasteiger partial charge in [0.05, 0.1) is 6.10 Å². The average molecular weight is 157 g/mol. The topological polar surface area (TPSA) is 35.2 Å². The number of unbranched alkanes of at least 4 members (excludes halogenated alkanes) is 1. The first-order valence-corrected chi connectivity index (χ1v) is 4.19. The van der Waals surface area contributed by atoms with E-state index in [0.717, 1.165) is 25.8 Å². The minimum absolute atomic E-state index is 0.337. The molecule has 0 bridgehead atoms. The lowest BCUT2D eigenvalue weighted by atomic mass is 10.2. The first kappa shape index (κ1) is 10.7. The molecule has 0 radical (unpaired) electrons. The van der Waals surface area contributed by atoms with E-state index in [1.54, 1.807) is 7.11 Å². The van der Waals surface area contributed by atoms with Gasteiger partial charge in [0, 0.05) is 7.11 Å². The zero-order valence-corrected chi connectivity index (χ0v) is 7.55. The highest BCUT2D eigenvalue weighted by Gasteiger charge is 1.92. The molecular weight excluding hydrogens is 138 g/mol. The second-order valence-corrected chi connectivity index (χ2v) is 2.68. The minimum Gasteiger partial charge on any atom is -0.381 e. The molecule has 0 saturated carbocycles. The van der Waals surface area contributed by atoms with Crippen LogP contribution in [0.4, 0.5) is 0 Å². The van der Waals surface area contributed by atoms with Crippen LogP contribution in [-0.2, 0) is 4.74 Å². The van der Waals surface area contributed by atoms with E-state index in [4.69, 9.17) is 10.5 Å². The van der Waals surface area contributed by atoms with Crippen molar-refractivity contribution in [2.75, 3.05) is 13.7 Å². The quantitative estimate of drug-likeness (QED) is 0.470. The lowest BCUT2D eigenvalue weighted by molar-refractivity contribution is 0.121. The molecule has 0 fully saturated rings. The Morgan fingerprint density at radius 1 is 1.45 bits per heavy atom. The molecule has 2 N–H and O–H groups in total. The summed E-state index contributed by atoms with van der Waals surface area (Å²) in [7, 11) is 1.73. The van der Waals surface area contributed by atoms with E-state index in [9.17, 15) is 0 Å². The van der Waals surface area contributed by atoms with Crippen LogP contribution in [-0.4, -0.2) is 19.8 Å². The second kappa shape index (κ2) is 7.76. The van der Waals surface area contributed by atoms with Crippen LogP contribution in [0.1, 0.15) is 26.2 Å². The molecule has 0 amide bonds. The first-order chi connectivity index (χ1) is 5.31. The summed E-state index contributed by atoms with van der Waals surface area (Å²) >= 11 is 0. The molecule has 2 nitrogen and oxygen atoms in total. The Bertz CT molecular complexity index is 102. The number of rotatable bonds is 6. The largest absolute Gasteiger partial charge is 0.381 e. The Labute approximate surface area is 69.4 Å². The van der Waals surface area contributed by atoms with Crippen LogP contribution in [0, 0.1) is 0 Å². The molecule has 0 aliphatic rings. The van der Waals surface area contributed by atoms with Crippen LogP contribution >= 0.6 is 0 Å². The lowest BCUT2D eigenvalue weighted by Crippen LogP contribution is -2.01. The zero-order valence-electron chi connectivity index (χ0n) is 7.55. The molecule has 0 rings (SSSR count). The molecule has 1 atom stereocenters. The molecule has 2 heteroatoms. The summed E-state index contributed by atoms with van der Waals surface area (Å²) in [5.74, 6) is 0. The fourth-order valence-electron chi connectivity index (χ4n) is 0.738. The highest BCUT2D eigenvalue weighted by Crippen LogP contribution is 1.97. The van der Waals surface area contributed by atoms with Gasteiger partial charge in [-0.25, -0.2) is 0 Å². The number of allylic oxidation sites excluding steroid dienone is 1. The molecular formula is C9H19NO. The fraction of sp³-hybridized carbons (Fsp3) is 0.778. The highest BCUT2D eigenvalue weighted by atomic mass is 16.5. The molecule has 0 aliphatic heterocycles. The number of nitrogens with two attached hydrogens (primary N) is 1. The molecule has 0 heterocycles. The Morgan fingerprint density at radius 2 is 2.18 bits per heavy atom. The molecule has 0 aromatic rings. The molecule has 0 unspecified atom stereocenters. The number of ether oxygens (including phenoxy) is 1. The van der Waals surface area contributed by atoms with Gasteiger partial charge in [-0.15, -0.1) is 0 Å². The van der Waals surface area contributed by atoms with Gasteiger partial charge in [0.25, 0.3) is 0 Å². The van der Waals surface area contributed by atoms with Crippen molar-refractivity contribution in [1.82, 2.24) is 0 Å². The zero-order chi connectivity index (χ0) is 8.53. The van der Waals surface area contributed by atoms with Crippen molar-refractivity contribution in [2.24, 2.45) is 5.73 Å². The maximum Gasteiger partial charge on any atom is 0.0577 e. The molecule has 0 aliphatic carbocycles. The van der Waals surface area contributed by atoms with Crippen molar-refractivity contribution < 1.29 is 4.74 Å². The summed E-state index contributed by atoms with van der Waals surface area (Å²) in [6.45, 7) is 2.84. The second-order valence-electron chi connectivity index (χ2n) is 2.68. The third-order valence-corrected chi connectivity index (χ3v) is 1.61. The normalized spacial score (nSPS) is 14.1. The van der Waals surface area contributed by atoms with E-state index >= 15 is 0 Å². The first-order valence-electron chi connectivity index (χ1n) is 4.19. The lowest BCUT2D eigenvalue weighted by Gasteiger charge is -2.03. The standard InChI is InChI=1S/C9H19NO/c1-9(11-2)7-5-3-4-6-8-10/h3,5,9H,4,6-8,10H2,1-2H3/b5-3+/t9-/m0/s1. The average Bonchev–Trinajstić information content (AvgIpc) is 2.04. The van der Waals surface area contributed by atoms with E-state index < -0.39 is 0 Å². The van der Waals surface area contributed by atoms with Crippen LogP contribution in [0.25, 0.3) is 0 Å². The van der Waals surface area contributed by atoms with Gasteiger partial charge in [-0.2, -0.15) is 0 Å². The molecule has 0 spiro atoms. The summed E-state index contributed by atoms with van der Waals surface area (Å²) in [5, 5.41) is 0. The van der Waals surface area contributed by atoms with Gasteiger partial charge in [-0.1, -0.05) is 12.2 Å². The van der Waals surface area contributed by atoms with Crippen molar-refractivity contribution in [2.45, 2.75) is 32.3 Å². The third kappa shape index (κ3) is 7.56. The minimum atomic E-state index is 0.337. The van der Waals surface area contributed by atoms with Crippen molar-refractivity contribution in [3.63, 3.8) is 0 Å². The van der Waals surface area contributed by atoms with Crippen LogP contribution in [0.2, 0.25) is 0 Å². The van der Waals surface area contributed by atoms with E-state index in [1.807, 2.05) is 0 Å². The Balaban J connectivity index is 3.15. The molecule has 0 aromatic carbocycles. The number of hydrogen-bond donors (Lipinski definition) is 1. The number of methoxy groups -OCH3 is 1. The Morgan fingerprint density at radius 3 is 2.73 bits per heavy atom. The van der Waals surface area contributed by atoms with Gasteiger partial charge in [0.2, 0.25) is 0 Å². The summed E-state index contributed by atoms with van der Waals surface area (Å²) in [4.78, 5) is 0. The molecule has 11 heavy (non-hydrogen) atoms.